The van der Waals surface area contributed by atoms with Gasteiger partial charge in [-0.2, -0.15) is 11.3 Å². The third kappa shape index (κ3) is 2.06. The molecule has 0 radical (unpaired) electrons. The molecule has 9 heavy (non-hydrogen) atoms. The largest absolute Gasteiger partial charge is 0.382 e. The maximum absolute atomic E-state index is 3.30. The number of thiophene rings is 1. The summed E-state index contributed by atoms with van der Waals surface area (Å²) in [5.74, 6) is 0. The van der Waals surface area contributed by atoms with E-state index in [-0.39, 0.29) is 0 Å². The maximum atomic E-state index is 3.30. The summed E-state index contributed by atoms with van der Waals surface area (Å²) in [5, 5.41) is 7.48. The summed E-state index contributed by atoms with van der Waals surface area (Å²) in [5.41, 5.74) is 1.23. The molecule has 50 valence electrons. The van der Waals surface area contributed by atoms with Gasteiger partial charge in [-0.3, -0.25) is 0 Å². The highest BCUT2D eigenvalue weighted by Crippen LogP contribution is 2.12. The molecule has 0 spiro atoms. The molecule has 1 heterocycles. The van der Waals surface area contributed by atoms with E-state index in [9.17, 15) is 0 Å². The van der Waals surface area contributed by atoms with Gasteiger partial charge in [-0.1, -0.05) is 0 Å². The highest BCUT2D eigenvalue weighted by atomic mass is 32.1. The lowest BCUT2D eigenvalue weighted by atomic mass is 10.4. The number of nitrogens with one attached hydrogen (secondary N) is 1. The van der Waals surface area contributed by atoms with Gasteiger partial charge in [0.05, 0.1) is 0 Å². The Hall–Kier alpha value is -0.500. The zero-order chi connectivity index (χ0) is 6.69. The second kappa shape index (κ2) is 2.87. The van der Waals surface area contributed by atoms with Gasteiger partial charge in [-0.05, 0) is 25.3 Å². The van der Waals surface area contributed by atoms with Gasteiger partial charge < -0.3 is 5.32 Å². The molecule has 0 saturated heterocycles. The zero-order valence-electron chi connectivity index (χ0n) is 5.72. The van der Waals surface area contributed by atoms with Crippen LogP contribution in [0.2, 0.25) is 0 Å². The Balaban J connectivity index is 2.48. The minimum Gasteiger partial charge on any atom is -0.382 e. The molecule has 0 aromatic carbocycles. The Morgan fingerprint density at radius 2 is 2.33 bits per heavy atom. The van der Waals surface area contributed by atoms with Gasteiger partial charge in [0.25, 0.3) is 0 Å². The van der Waals surface area contributed by atoms with Gasteiger partial charge in [-0.15, -0.1) is 0 Å². The molecule has 0 bridgehead atoms. The molecular formula is C7H11NS. The van der Waals surface area contributed by atoms with Crippen LogP contribution in [0.15, 0.2) is 16.8 Å². The van der Waals surface area contributed by atoms with Crippen LogP contribution in [0.5, 0.6) is 0 Å². The number of anilines is 1. The first-order valence-electron chi connectivity index (χ1n) is 3.08. The lowest BCUT2D eigenvalue weighted by Crippen LogP contribution is -2.08. The van der Waals surface area contributed by atoms with Gasteiger partial charge >= 0.3 is 0 Å². The van der Waals surface area contributed by atoms with Gasteiger partial charge in [0, 0.05) is 17.1 Å². The molecule has 1 nitrogen and oxygen atoms in total. The van der Waals surface area contributed by atoms with Crippen molar-refractivity contribution in [2.45, 2.75) is 19.9 Å². The summed E-state index contributed by atoms with van der Waals surface area (Å²) in [4.78, 5) is 0. The SMILES string of the molecule is CC(C)Nc1ccsc1. The first-order chi connectivity index (χ1) is 4.29. The van der Waals surface area contributed by atoms with Crippen LogP contribution in [-0.2, 0) is 0 Å². The van der Waals surface area contributed by atoms with Crippen LogP contribution in [-0.4, -0.2) is 6.04 Å². The van der Waals surface area contributed by atoms with Crippen molar-refractivity contribution in [3.8, 4) is 0 Å². The van der Waals surface area contributed by atoms with Crippen LogP contribution in [0.1, 0.15) is 13.8 Å². The summed E-state index contributed by atoms with van der Waals surface area (Å²) >= 11 is 1.72. The predicted molar refractivity (Wildman–Crippen MR) is 43.1 cm³/mol. The van der Waals surface area contributed by atoms with Gasteiger partial charge in [0.15, 0.2) is 0 Å². The fourth-order valence-corrected chi connectivity index (χ4v) is 1.28. The molecule has 0 saturated carbocycles. The van der Waals surface area contributed by atoms with Gasteiger partial charge in [0.1, 0.15) is 0 Å². The monoisotopic (exact) mass is 141 g/mol. The molecule has 2 heteroatoms. The third-order valence-corrected chi connectivity index (χ3v) is 1.66. The molecule has 1 rings (SSSR count). The van der Waals surface area contributed by atoms with E-state index in [1.54, 1.807) is 11.3 Å². The van der Waals surface area contributed by atoms with Crippen LogP contribution < -0.4 is 5.32 Å². The average molecular weight is 141 g/mol. The lowest BCUT2D eigenvalue weighted by molar-refractivity contribution is 0.901. The summed E-state index contributed by atoms with van der Waals surface area (Å²) < 4.78 is 0. The van der Waals surface area contributed by atoms with Crippen molar-refractivity contribution < 1.29 is 0 Å². The van der Waals surface area contributed by atoms with Crippen molar-refractivity contribution in [1.29, 1.82) is 0 Å². The number of rotatable bonds is 2. The topological polar surface area (TPSA) is 12.0 Å². The molecule has 1 N–H and O–H groups in total. The molecule has 0 aliphatic heterocycles. The summed E-state index contributed by atoms with van der Waals surface area (Å²) in [7, 11) is 0. The Kier molecular flexibility index (Phi) is 2.11. The Morgan fingerprint density at radius 1 is 1.56 bits per heavy atom. The van der Waals surface area contributed by atoms with E-state index >= 15 is 0 Å². The molecule has 1 aromatic heterocycles. The second-order valence-electron chi connectivity index (χ2n) is 2.31. The fraction of sp³-hybridized carbons (Fsp3) is 0.429. The van der Waals surface area contributed by atoms with Crippen LogP contribution in [0, 0.1) is 0 Å². The quantitative estimate of drug-likeness (QED) is 0.667. The van der Waals surface area contributed by atoms with E-state index < -0.39 is 0 Å². The van der Waals surface area contributed by atoms with Crippen LogP contribution in [0.4, 0.5) is 5.69 Å². The van der Waals surface area contributed by atoms with Crippen molar-refractivity contribution in [2.75, 3.05) is 5.32 Å². The molecule has 0 atom stereocenters. The molecule has 0 amide bonds. The van der Waals surface area contributed by atoms with Crippen molar-refractivity contribution in [3.05, 3.63) is 16.8 Å². The number of hydrogen-bond acceptors (Lipinski definition) is 2. The first kappa shape index (κ1) is 6.62. The van der Waals surface area contributed by atoms with E-state index in [1.165, 1.54) is 5.69 Å². The maximum Gasteiger partial charge on any atom is 0.0450 e. The van der Waals surface area contributed by atoms with Crippen LogP contribution in [0.3, 0.4) is 0 Å². The highest BCUT2D eigenvalue weighted by molar-refractivity contribution is 7.08. The average Bonchev–Trinajstić information content (AvgIpc) is 2.15. The van der Waals surface area contributed by atoms with E-state index in [4.69, 9.17) is 0 Å². The molecular weight excluding hydrogens is 130 g/mol. The van der Waals surface area contributed by atoms with Crippen LogP contribution >= 0.6 is 11.3 Å². The van der Waals surface area contributed by atoms with E-state index in [0.717, 1.165) is 0 Å². The first-order valence-corrected chi connectivity index (χ1v) is 4.02. The van der Waals surface area contributed by atoms with Crippen molar-refractivity contribution in [1.82, 2.24) is 0 Å². The fourth-order valence-electron chi connectivity index (χ4n) is 0.680. The van der Waals surface area contributed by atoms with Crippen molar-refractivity contribution >= 4 is 17.0 Å². The highest BCUT2D eigenvalue weighted by Gasteiger charge is 1.92. The van der Waals surface area contributed by atoms with E-state index in [0.29, 0.717) is 6.04 Å². The summed E-state index contributed by atoms with van der Waals surface area (Å²) in [6.07, 6.45) is 0. The smallest absolute Gasteiger partial charge is 0.0450 e. The normalized spacial score (nSPS) is 10.1. The van der Waals surface area contributed by atoms with E-state index in [2.05, 4.69) is 36.0 Å². The van der Waals surface area contributed by atoms with Crippen molar-refractivity contribution in [3.63, 3.8) is 0 Å². The predicted octanol–water partition coefficient (Wildman–Crippen LogP) is 2.57. The summed E-state index contributed by atoms with van der Waals surface area (Å²) in [6, 6.07) is 2.63. The number of hydrogen-bond donors (Lipinski definition) is 1. The standard InChI is InChI=1S/C7H11NS/c1-6(2)8-7-3-4-9-5-7/h3-6,8H,1-2H3. The summed E-state index contributed by atoms with van der Waals surface area (Å²) in [6.45, 7) is 4.27. The molecule has 1 aromatic rings. The molecule has 0 aliphatic carbocycles. The van der Waals surface area contributed by atoms with E-state index in [1.807, 2.05) is 0 Å². The minimum atomic E-state index is 0.541. The molecule has 0 fully saturated rings. The Morgan fingerprint density at radius 3 is 2.78 bits per heavy atom. The van der Waals surface area contributed by atoms with Crippen molar-refractivity contribution in [2.24, 2.45) is 0 Å². The van der Waals surface area contributed by atoms with Gasteiger partial charge in [-0.25, -0.2) is 0 Å². The van der Waals surface area contributed by atoms with Crippen LogP contribution in [0.25, 0.3) is 0 Å². The zero-order valence-corrected chi connectivity index (χ0v) is 6.53. The molecule has 0 unspecified atom stereocenters. The Labute approximate surface area is 59.7 Å². The molecule has 0 aliphatic rings. The third-order valence-electron chi connectivity index (χ3n) is 0.977. The lowest BCUT2D eigenvalue weighted by Gasteiger charge is -2.05. The Bertz CT molecular complexity index is 155. The second-order valence-corrected chi connectivity index (χ2v) is 3.09. The van der Waals surface area contributed by atoms with Gasteiger partial charge in [0.2, 0.25) is 0 Å². The minimum absolute atomic E-state index is 0.541.